The number of benzene rings is 2. The van der Waals surface area contributed by atoms with E-state index < -0.39 is 6.17 Å². The molecule has 0 radical (unpaired) electrons. The van der Waals surface area contributed by atoms with E-state index in [-0.39, 0.29) is 5.91 Å². The average molecular weight is 413 g/mol. The topological polar surface area (TPSA) is 57.1 Å². The molecule has 0 aromatic heterocycles. The largest absolute Gasteiger partial charge is 0.298 e. The van der Waals surface area contributed by atoms with Crippen LogP contribution in [0.1, 0.15) is 37.9 Å². The first kappa shape index (κ1) is 19.0. The number of hydrogen-bond acceptors (Lipinski definition) is 5. The number of amidine groups is 1. The Kier molecular flexibility index (Phi) is 5.69. The van der Waals surface area contributed by atoms with Gasteiger partial charge < -0.3 is 0 Å². The minimum absolute atomic E-state index is 0.144. The van der Waals surface area contributed by atoms with Crippen molar-refractivity contribution in [2.75, 3.05) is 5.75 Å². The molecule has 0 fully saturated rings. The number of para-hydroxylation sites is 1. The standard InChI is InChI=1S/C21H21ClN4OS/c1-2-3-6-13-28-21-24-20(27)18-16-7-4-5-8-17(16)23-19(26(18)25-21)14-9-11-15(22)12-10-14/h4-5,7-12,19H,2-3,6,13H2,1H3,(H,24,25,27). The van der Waals surface area contributed by atoms with E-state index in [1.54, 1.807) is 16.8 Å². The number of nitrogens with one attached hydrogen (secondary N) is 1. The Morgan fingerprint density at radius 1 is 1.14 bits per heavy atom. The van der Waals surface area contributed by atoms with Gasteiger partial charge >= 0.3 is 0 Å². The molecule has 7 heteroatoms. The fraction of sp³-hybridized carbons (Fsp3) is 0.286. The summed E-state index contributed by atoms with van der Waals surface area (Å²) in [7, 11) is 0. The molecule has 2 aliphatic rings. The molecule has 2 aromatic carbocycles. The number of unbranched alkanes of at least 4 members (excludes halogenated alkanes) is 2. The maximum Gasteiger partial charge on any atom is 0.276 e. The monoisotopic (exact) mass is 412 g/mol. The summed E-state index contributed by atoms with van der Waals surface area (Å²) >= 11 is 7.63. The summed E-state index contributed by atoms with van der Waals surface area (Å²) in [6, 6.07) is 15.2. The van der Waals surface area contributed by atoms with Crippen LogP contribution in [-0.2, 0) is 4.79 Å². The molecule has 0 aliphatic carbocycles. The maximum atomic E-state index is 13.0. The molecular weight excluding hydrogens is 392 g/mol. The van der Waals surface area contributed by atoms with Crippen molar-refractivity contribution < 1.29 is 4.79 Å². The van der Waals surface area contributed by atoms with Gasteiger partial charge in [-0.2, -0.15) is 0 Å². The maximum absolute atomic E-state index is 13.0. The summed E-state index contributed by atoms with van der Waals surface area (Å²) in [6.45, 7) is 2.18. The summed E-state index contributed by atoms with van der Waals surface area (Å²) in [5.74, 6) is 0.782. The number of amides is 1. The van der Waals surface area contributed by atoms with E-state index in [1.807, 2.05) is 48.5 Å². The quantitative estimate of drug-likeness (QED) is 0.765. The zero-order chi connectivity index (χ0) is 19.5. The van der Waals surface area contributed by atoms with Gasteiger partial charge in [-0.25, -0.2) is 5.01 Å². The van der Waals surface area contributed by atoms with Crippen LogP contribution < -0.4 is 15.9 Å². The molecule has 0 spiro atoms. The number of thioether (sulfide) groups is 1. The molecule has 2 heterocycles. The fourth-order valence-electron chi connectivity index (χ4n) is 3.27. The molecule has 28 heavy (non-hydrogen) atoms. The molecule has 4 rings (SSSR count). The van der Waals surface area contributed by atoms with Gasteiger partial charge in [0.15, 0.2) is 11.3 Å². The lowest BCUT2D eigenvalue weighted by Gasteiger charge is -2.34. The second-order valence-electron chi connectivity index (χ2n) is 6.68. The van der Waals surface area contributed by atoms with Crippen LogP contribution in [0.2, 0.25) is 5.02 Å². The molecule has 144 valence electrons. The molecule has 1 amide bonds. The highest BCUT2D eigenvalue weighted by Gasteiger charge is 2.34. The molecule has 1 N–H and O–H groups in total. The van der Waals surface area contributed by atoms with Gasteiger partial charge in [-0.1, -0.05) is 73.5 Å². The van der Waals surface area contributed by atoms with Crippen LogP contribution in [0, 0.1) is 0 Å². The van der Waals surface area contributed by atoms with Crippen LogP contribution in [-0.4, -0.2) is 21.8 Å². The molecule has 1 atom stereocenters. The van der Waals surface area contributed by atoms with Gasteiger partial charge in [-0.3, -0.25) is 15.1 Å². The Morgan fingerprint density at radius 2 is 1.93 bits per heavy atom. The number of hydrogen-bond donors (Lipinski definition) is 1. The van der Waals surface area contributed by atoms with Crippen LogP contribution in [0.5, 0.6) is 0 Å². The molecule has 0 saturated carbocycles. The zero-order valence-electron chi connectivity index (χ0n) is 15.6. The lowest BCUT2D eigenvalue weighted by Crippen LogP contribution is -2.50. The highest BCUT2D eigenvalue weighted by atomic mass is 35.5. The van der Waals surface area contributed by atoms with Crippen molar-refractivity contribution in [3.05, 3.63) is 69.7 Å². The number of rotatable bonds is 5. The average Bonchev–Trinajstić information content (AvgIpc) is 2.71. The summed E-state index contributed by atoms with van der Waals surface area (Å²) in [5, 5.41) is 12.3. The van der Waals surface area contributed by atoms with Crippen molar-refractivity contribution in [2.24, 2.45) is 10.1 Å². The van der Waals surface area contributed by atoms with E-state index in [9.17, 15) is 4.79 Å². The smallest absolute Gasteiger partial charge is 0.276 e. The predicted molar refractivity (Wildman–Crippen MR) is 114 cm³/mol. The number of hydrazone groups is 1. The second kappa shape index (κ2) is 8.37. The van der Waals surface area contributed by atoms with E-state index in [1.165, 1.54) is 6.42 Å². The third-order valence-corrected chi connectivity index (χ3v) is 5.87. The van der Waals surface area contributed by atoms with Gasteiger partial charge in [-0.05, 0) is 30.2 Å². The Hall–Kier alpha value is -2.31. The van der Waals surface area contributed by atoms with Crippen molar-refractivity contribution in [3.63, 3.8) is 0 Å². The summed E-state index contributed by atoms with van der Waals surface area (Å²) in [6.07, 6.45) is 3.03. The summed E-state index contributed by atoms with van der Waals surface area (Å²) < 4.78 is 0. The van der Waals surface area contributed by atoms with Crippen molar-refractivity contribution in [1.82, 2.24) is 10.3 Å². The number of carbonyl (C=O) groups is 1. The van der Waals surface area contributed by atoms with Crippen molar-refractivity contribution in [3.8, 4) is 0 Å². The molecular formula is C21H21ClN4OS. The van der Waals surface area contributed by atoms with E-state index in [2.05, 4.69) is 12.2 Å². The first-order valence-electron chi connectivity index (χ1n) is 9.42. The Balaban J connectivity index is 1.76. The number of nitrogens with zero attached hydrogens (tertiary/aromatic N) is 3. The van der Waals surface area contributed by atoms with Crippen LogP contribution in [0.4, 0.5) is 0 Å². The molecule has 2 aliphatic heterocycles. The number of halogens is 1. The molecule has 0 saturated heterocycles. The van der Waals surface area contributed by atoms with E-state index in [0.29, 0.717) is 15.9 Å². The lowest BCUT2D eigenvalue weighted by molar-refractivity contribution is -0.116. The molecule has 1 unspecified atom stereocenters. The Labute approximate surface area is 173 Å². The minimum atomic E-state index is -0.403. The second-order valence-corrected chi connectivity index (χ2v) is 8.20. The van der Waals surface area contributed by atoms with E-state index in [0.717, 1.165) is 34.7 Å². The lowest BCUT2D eigenvalue weighted by atomic mass is 10.1. The van der Waals surface area contributed by atoms with Crippen LogP contribution in [0.25, 0.3) is 5.70 Å². The number of carbonyl (C=O) groups excluding carboxylic acids is 1. The van der Waals surface area contributed by atoms with Crippen molar-refractivity contribution in [2.45, 2.75) is 32.4 Å². The van der Waals surface area contributed by atoms with Crippen molar-refractivity contribution in [1.29, 1.82) is 0 Å². The zero-order valence-corrected chi connectivity index (χ0v) is 17.1. The normalized spacial score (nSPS) is 18.0. The third kappa shape index (κ3) is 3.80. The summed E-state index contributed by atoms with van der Waals surface area (Å²) in [4.78, 5) is 17.8. The SMILES string of the molecule is CCCCCSC1=NN2C(=c3ccccc3=NC2c2ccc(Cl)cc2)C(=O)N1. The molecule has 0 bridgehead atoms. The number of fused-ring (bicyclic) bond motifs is 2. The van der Waals surface area contributed by atoms with Crippen LogP contribution in [0.15, 0.2) is 58.6 Å². The van der Waals surface area contributed by atoms with Gasteiger partial charge in [0.05, 0.1) is 5.36 Å². The van der Waals surface area contributed by atoms with Crippen molar-refractivity contribution >= 4 is 40.1 Å². The first-order valence-corrected chi connectivity index (χ1v) is 10.8. The molecule has 2 aromatic rings. The van der Waals surface area contributed by atoms with E-state index >= 15 is 0 Å². The Morgan fingerprint density at radius 3 is 2.71 bits per heavy atom. The van der Waals surface area contributed by atoms with Gasteiger partial charge in [0.1, 0.15) is 5.70 Å². The van der Waals surface area contributed by atoms with Gasteiger partial charge in [0.25, 0.3) is 5.91 Å². The minimum Gasteiger partial charge on any atom is -0.298 e. The summed E-state index contributed by atoms with van der Waals surface area (Å²) in [5.41, 5.74) is 1.47. The Bertz CT molecular complexity index is 1040. The van der Waals surface area contributed by atoms with Gasteiger partial charge in [0.2, 0.25) is 0 Å². The molecule has 5 nitrogen and oxygen atoms in total. The van der Waals surface area contributed by atoms with Crippen LogP contribution >= 0.6 is 23.4 Å². The highest BCUT2D eigenvalue weighted by molar-refractivity contribution is 8.13. The fourth-order valence-corrected chi connectivity index (χ4v) is 4.24. The van der Waals surface area contributed by atoms with E-state index in [4.69, 9.17) is 21.7 Å². The predicted octanol–water partition coefficient (Wildman–Crippen LogP) is 3.41. The van der Waals surface area contributed by atoms with Gasteiger partial charge in [-0.15, -0.1) is 5.10 Å². The van der Waals surface area contributed by atoms with Gasteiger partial charge in [0, 0.05) is 16.0 Å². The highest BCUT2D eigenvalue weighted by Crippen LogP contribution is 2.31. The third-order valence-electron chi connectivity index (χ3n) is 4.67. The first-order chi connectivity index (χ1) is 13.7. The van der Waals surface area contributed by atoms with Crippen LogP contribution in [0.3, 0.4) is 0 Å².